The topological polar surface area (TPSA) is 63.6 Å². The first-order chi connectivity index (χ1) is 11.5. The Kier molecular flexibility index (Phi) is 3.46. The van der Waals surface area contributed by atoms with Gasteiger partial charge in [0.05, 0.1) is 13.1 Å². The molecular weight excluding hydrogens is 330 g/mol. The molecule has 0 saturated carbocycles. The van der Waals surface area contributed by atoms with E-state index in [1.807, 2.05) is 35.9 Å². The first-order valence-electron chi connectivity index (χ1n) is 7.99. The molecule has 0 bridgehead atoms. The van der Waals surface area contributed by atoms with Gasteiger partial charge in [-0.15, -0.1) is 0 Å². The van der Waals surface area contributed by atoms with E-state index in [1.165, 1.54) is 0 Å². The second-order valence-corrected chi connectivity index (χ2v) is 6.92. The molecule has 0 radical (unpaired) electrons. The lowest BCUT2D eigenvalue weighted by atomic mass is 9.93. The fourth-order valence-electron chi connectivity index (χ4n) is 3.69. The number of nitrogens with zero attached hydrogens (tertiary/aromatic N) is 2. The molecule has 2 amide bonds. The van der Waals surface area contributed by atoms with Gasteiger partial charge in [-0.3, -0.25) is 4.79 Å². The molecule has 1 N–H and O–H groups in total. The summed E-state index contributed by atoms with van der Waals surface area (Å²) in [5.41, 5.74) is 0.923. The number of ether oxygens (including phenoxy) is 1. The molecule has 3 heterocycles. The maximum absolute atomic E-state index is 13.0. The third kappa shape index (κ3) is 2.33. The van der Waals surface area contributed by atoms with Gasteiger partial charge in [-0.2, -0.15) is 0 Å². The van der Waals surface area contributed by atoms with Gasteiger partial charge < -0.3 is 19.5 Å². The second-order valence-electron chi connectivity index (χ2n) is 6.52. The zero-order chi connectivity index (χ0) is 16.9. The molecule has 0 aliphatic carbocycles. The Balaban J connectivity index is 1.65. The minimum Gasteiger partial charge on any atom is -0.439 e. The molecule has 2 aliphatic rings. The van der Waals surface area contributed by atoms with Crippen LogP contribution in [0.1, 0.15) is 23.3 Å². The summed E-state index contributed by atoms with van der Waals surface area (Å²) in [5.74, 6) is -0.0632. The Morgan fingerprint density at radius 3 is 2.96 bits per heavy atom. The number of halogens is 1. The number of carbonyl (C=O) groups excluding carboxylic acids is 2. The number of hydrogen-bond acceptors (Lipinski definition) is 3. The molecule has 1 aromatic heterocycles. The average molecular weight is 348 g/mol. The third-order valence-electron chi connectivity index (χ3n) is 4.94. The smallest absolute Gasteiger partial charge is 0.407 e. The number of benzene rings is 1. The molecule has 2 aliphatic heterocycles. The molecule has 1 aromatic carbocycles. The van der Waals surface area contributed by atoms with E-state index >= 15 is 0 Å². The highest BCUT2D eigenvalue weighted by molar-refractivity contribution is 6.35. The Hall–Kier alpha value is -2.21. The summed E-state index contributed by atoms with van der Waals surface area (Å²) in [6.07, 6.45) is 1.18. The molecule has 1 spiro atoms. The van der Waals surface area contributed by atoms with E-state index in [0.717, 1.165) is 23.7 Å². The van der Waals surface area contributed by atoms with Gasteiger partial charge in [0.15, 0.2) is 0 Å². The Morgan fingerprint density at radius 2 is 2.25 bits per heavy atom. The molecular formula is C17H18ClN3O3. The van der Waals surface area contributed by atoms with Crippen LogP contribution in [0.3, 0.4) is 0 Å². The molecule has 24 heavy (non-hydrogen) atoms. The SMILES string of the molecule is Cn1c(C(=O)N2CCC[C@@]3(CNC(=O)O3)C2)cc2c(Cl)cccc21. The lowest BCUT2D eigenvalue weighted by Gasteiger charge is -2.38. The van der Waals surface area contributed by atoms with Crippen LogP contribution >= 0.6 is 11.6 Å². The van der Waals surface area contributed by atoms with Gasteiger partial charge in [-0.25, -0.2) is 4.79 Å². The Labute approximate surface area is 144 Å². The van der Waals surface area contributed by atoms with Crippen LogP contribution in [0, 0.1) is 0 Å². The summed E-state index contributed by atoms with van der Waals surface area (Å²) in [5, 5.41) is 4.19. The fourth-order valence-corrected chi connectivity index (χ4v) is 3.92. The van der Waals surface area contributed by atoms with Crippen molar-refractivity contribution in [3.8, 4) is 0 Å². The number of amides is 2. The van der Waals surface area contributed by atoms with Gasteiger partial charge in [-0.05, 0) is 31.0 Å². The monoisotopic (exact) mass is 347 g/mol. The predicted octanol–water partition coefficient (Wildman–Crippen LogP) is 2.55. The highest BCUT2D eigenvalue weighted by Crippen LogP contribution is 2.31. The first kappa shape index (κ1) is 15.3. The zero-order valence-electron chi connectivity index (χ0n) is 13.3. The van der Waals surface area contributed by atoms with Crippen molar-refractivity contribution in [2.24, 2.45) is 7.05 Å². The van der Waals surface area contributed by atoms with Gasteiger partial charge in [0.2, 0.25) is 0 Å². The summed E-state index contributed by atoms with van der Waals surface area (Å²) >= 11 is 6.24. The van der Waals surface area contributed by atoms with Crippen LogP contribution in [0.2, 0.25) is 5.02 Å². The van der Waals surface area contributed by atoms with E-state index in [4.69, 9.17) is 16.3 Å². The molecule has 1 atom stereocenters. The molecule has 0 unspecified atom stereocenters. The standard InChI is InChI=1S/C17H18ClN3O3/c1-20-13-5-2-4-12(18)11(13)8-14(20)15(22)21-7-3-6-17(10-21)9-19-16(23)24-17/h2,4-5,8H,3,6-7,9-10H2,1H3,(H,19,23)/t17-/m1/s1. The van der Waals surface area contributed by atoms with E-state index in [1.54, 1.807) is 4.90 Å². The predicted molar refractivity (Wildman–Crippen MR) is 90.3 cm³/mol. The molecule has 2 aromatic rings. The first-order valence-corrected chi connectivity index (χ1v) is 8.37. The van der Waals surface area contributed by atoms with Gasteiger partial charge >= 0.3 is 6.09 Å². The number of aromatic nitrogens is 1. The van der Waals surface area contributed by atoms with E-state index in [0.29, 0.717) is 30.4 Å². The molecule has 6 nitrogen and oxygen atoms in total. The van der Waals surface area contributed by atoms with Crippen LogP contribution in [0.4, 0.5) is 4.79 Å². The van der Waals surface area contributed by atoms with Crippen LogP contribution in [-0.2, 0) is 11.8 Å². The summed E-state index contributed by atoms with van der Waals surface area (Å²) in [6.45, 7) is 1.53. The third-order valence-corrected chi connectivity index (χ3v) is 5.27. The van der Waals surface area contributed by atoms with Gasteiger partial charge in [0, 0.05) is 29.5 Å². The van der Waals surface area contributed by atoms with Crippen LogP contribution in [0.25, 0.3) is 10.9 Å². The average Bonchev–Trinajstić information content (AvgIpc) is 3.09. The van der Waals surface area contributed by atoms with Crippen molar-refractivity contribution in [1.29, 1.82) is 0 Å². The van der Waals surface area contributed by atoms with E-state index in [-0.39, 0.29) is 5.91 Å². The van der Waals surface area contributed by atoms with E-state index in [2.05, 4.69) is 5.32 Å². The lowest BCUT2D eigenvalue weighted by Crippen LogP contribution is -2.52. The second kappa shape index (κ2) is 5.41. The number of likely N-dealkylation sites (tertiary alicyclic amines) is 1. The van der Waals surface area contributed by atoms with Crippen molar-refractivity contribution in [2.75, 3.05) is 19.6 Å². The summed E-state index contributed by atoms with van der Waals surface area (Å²) < 4.78 is 7.31. The molecule has 2 saturated heterocycles. The van der Waals surface area contributed by atoms with Crippen molar-refractivity contribution in [3.63, 3.8) is 0 Å². The van der Waals surface area contributed by atoms with Gasteiger partial charge in [0.1, 0.15) is 11.3 Å². The van der Waals surface area contributed by atoms with Gasteiger partial charge in [0.25, 0.3) is 5.91 Å². The highest BCUT2D eigenvalue weighted by atomic mass is 35.5. The minimum atomic E-state index is -0.590. The minimum absolute atomic E-state index is 0.0632. The summed E-state index contributed by atoms with van der Waals surface area (Å²) in [4.78, 5) is 26.2. The number of piperidine rings is 1. The number of aryl methyl sites for hydroxylation is 1. The van der Waals surface area contributed by atoms with E-state index < -0.39 is 11.7 Å². The van der Waals surface area contributed by atoms with Crippen LogP contribution < -0.4 is 5.32 Å². The maximum Gasteiger partial charge on any atom is 0.407 e. The van der Waals surface area contributed by atoms with Crippen molar-refractivity contribution in [2.45, 2.75) is 18.4 Å². The van der Waals surface area contributed by atoms with Crippen molar-refractivity contribution in [3.05, 3.63) is 35.0 Å². The molecule has 7 heteroatoms. The quantitative estimate of drug-likeness (QED) is 0.862. The van der Waals surface area contributed by atoms with Crippen LogP contribution in [-0.4, -0.2) is 46.7 Å². The number of fused-ring (bicyclic) bond motifs is 1. The van der Waals surface area contributed by atoms with Crippen molar-refractivity contribution < 1.29 is 14.3 Å². The van der Waals surface area contributed by atoms with E-state index in [9.17, 15) is 9.59 Å². The number of nitrogens with one attached hydrogen (secondary N) is 1. The van der Waals surface area contributed by atoms with Crippen molar-refractivity contribution >= 4 is 34.5 Å². The van der Waals surface area contributed by atoms with Crippen molar-refractivity contribution in [1.82, 2.24) is 14.8 Å². The summed E-state index contributed by atoms with van der Waals surface area (Å²) in [6, 6.07) is 7.47. The number of hydrogen-bond donors (Lipinski definition) is 1. The highest BCUT2D eigenvalue weighted by Gasteiger charge is 2.45. The number of carbonyl (C=O) groups is 2. The van der Waals surface area contributed by atoms with Crippen LogP contribution in [0.15, 0.2) is 24.3 Å². The maximum atomic E-state index is 13.0. The molecule has 126 valence electrons. The van der Waals surface area contributed by atoms with Gasteiger partial charge in [-0.1, -0.05) is 17.7 Å². The fraction of sp³-hybridized carbons (Fsp3) is 0.412. The normalized spacial score (nSPS) is 23.6. The largest absolute Gasteiger partial charge is 0.439 e. The molecule has 4 rings (SSSR count). The van der Waals surface area contributed by atoms with Crippen LogP contribution in [0.5, 0.6) is 0 Å². The lowest BCUT2D eigenvalue weighted by molar-refractivity contribution is -0.00534. The Morgan fingerprint density at radius 1 is 1.42 bits per heavy atom. The molecule has 2 fully saturated rings. The number of rotatable bonds is 1. The zero-order valence-corrected chi connectivity index (χ0v) is 14.1. The Bertz CT molecular complexity index is 847. The summed E-state index contributed by atoms with van der Waals surface area (Å²) in [7, 11) is 1.86. The number of alkyl carbamates (subject to hydrolysis) is 1.